The molecular weight excluding hydrogens is 230 g/mol. The molecule has 0 aliphatic rings. The van der Waals surface area contributed by atoms with Crippen molar-refractivity contribution in [2.45, 2.75) is 6.42 Å². The SMILES string of the molecule is O=[N+]([O-])c1ccccc1NCCc1ccccn1. The highest BCUT2D eigenvalue weighted by molar-refractivity contribution is 5.61. The zero-order valence-electron chi connectivity index (χ0n) is 9.74. The molecule has 0 aliphatic heterocycles. The van der Waals surface area contributed by atoms with Crippen molar-refractivity contribution in [3.05, 3.63) is 64.5 Å². The van der Waals surface area contributed by atoms with Crippen molar-refractivity contribution in [2.75, 3.05) is 11.9 Å². The molecule has 0 aliphatic carbocycles. The van der Waals surface area contributed by atoms with Crippen LogP contribution in [0.5, 0.6) is 0 Å². The number of nitro benzene ring substituents is 1. The van der Waals surface area contributed by atoms with Gasteiger partial charge in [-0.3, -0.25) is 15.1 Å². The third-order valence-electron chi connectivity index (χ3n) is 2.52. The van der Waals surface area contributed by atoms with E-state index in [2.05, 4.69) is 10.3 Å². The lowest BCUT2D eigenvalue weighted by molar-refractivity contribution is -0.384. The fourth-order valence-corrected chi connectivity index (χ4v) is 1.65. The molecule has 0 bridgehead atoms. The summed E-state index contributed by atoms with van der Waals surface area (Å²) >= 11 is 0. The van der Waals surface area contributed by atoms with Gasteiger partial charge < -0.3 is 5.32 Å². The van der Waals surface area contributed by atoms with Crippen molar-refractivity contribution in [2.24, 2.45) is 0 Å². The number of aromatic nitrogens is 1. The second-order valence-corrected chi connectivity index (χ2v) is 3.77. The van der Waals surface area contributed by atoms with Crippen LogP contribution in [0, 0.1) is 10.1 Å². The number of pyridine rings is 1. The summed E-state index contributed by atoms with van der Waals surface area (Å²) in [7, 11) is 0. The number of rotatable bonds is 5. The van der Waals surface area contributed by atoms with E-state index in [1.54, 1.807) is 24.4 Å². The van der Waals surface area contributed by atoms with Gasteiger partial charge in [-0.05, 0) is 18.2 Å². The molecule has 92 valence electrons. The second kappa shape index (κ2) is 5.77. The van der Waals surface area contributed by atoms with Crippen molar-refractivity contribution in [3.63, 3.8) is 0 Å². The second-order valence-electron chi connectivity index (χ2n) is 3.77. The molecule has 5 heteroatoms. The number of anilines is 1. The minimum atomic E-state index is -0.386. The fourth-order valence-electron chi connectivity index (χ4n) is 1.65. The van der Waals surface area contributed by atoms with Gasteiger partial charge >= 0.3 is 0 Å². The fraction of sp³-hybridized carbons (Fsp3) is 0.154. The van der Waals surface area contributed by atoms with E-state index in [1.165, 1.54) is 6.07 Å². The van der Waals surface area contributed by atoms with Crippen LogP contribution in [-0.2, 0) is 6.42 Å². The molecule has 0 amide bonds. The molecule has 5 nitrogen and oxygen atoms in total. The number of hydrogen-bond acceptors (Lipinski definition) is 4. The number of benzene rings is 1. The summed E-state index contributed by atoms with van der Waals surface area (Å²) < 4.78 is 0. The van der Waals surface area contributed by atoms with Crippen LogP contribution in [-0.4, -0.2) is 16.5 Å². The molecule has 0 spiro atoms. The predicted octanol–water partition coefficient (Wildman–Crippen LogP) is 2.64. The first-order valence-corrected chi connectivity index (χ1v) is 5.64. The van der Waals surface area contributed by atoms with E-state index in [0.29, 0.717) is 12.2 Å². The molecule has 1 aromatic carbocycles. The van der Waals surface area contributed by atoms with Crippen LogP contribution in [0.2, 0.25) is 0 Å². The third kappa shape index (κ3) is 3.04. The summed E-state index contributed by atoms with van der Waals surface area (Å²) in [6, 6.07) is 12.3. The Balaban J connectivity index is 1.97. The van der Waals surface area contributed by atoms with E-state index < -0.39 is 0 Å². The first-order valence-electron chi connectivity index (χ1n) is 5.64. The lowest BCUT2D eigenvalue weighted by Gasteiger charge is -2.06. The van der Waals surface area contributed by atoms with Crippen LogP contribution in [0.1, 0.15) is 5.69 Å². The van der Waals surface area contributed by atoms with Crippen molar-refractivity contribution >= 4 is 11.4 Å². The van der Waals surface area contributed by atoms with Crippen molar-refractivity contribution in [1.29, 1.82) is 0 Å². The van der Waals surface area contributed by atoms with Gasteiger partial charge in [0, 0.05) is 30.9 Å². The van der Waals surface area contributed by atoms with Crippen molar-refractivity contribution < 1.29 is 4.92 Å². The number of hydrogen-bond donors (Lipinski definition) is 1. The molecule has 0 fully saturated rings. The average Bonchev–Trinajstić information content (AvgIpc) is 2.40. The summed E-state index contributed by atoms with van der Waals surface area (Å²) in [5, 5.41) is 13.9. The molecule has 1 N–H and O–H groups in total. The number of nitrogens with one attached hydrogen (secondary N) is 1. The van der Waals surface area contributed by atoms with Crippen LogP contribution in [0.25, 0.3) is 0 Å². The summed E-state index contributed by atoms with van der Waals surface area (Å²) in [4.78, 5) is 14.6. The zero-order valence-corrected chi connectivity index (χ0v) is 9.74. The van der Waals surface area contributed by atoms with Crippen molar-refractivity contribution in [3.8, 4) is 0 Å². The van der Waals surface area contributed by atoms with E-state index in [0.717, 1.165) is 12.1 Å². The van der Waals surface area contributed by atoms with Gasteiger partial charge in [0.1, 0.15) is 5.69 Å². The Morgan fingerprint density at radius 1 is 1.17 bits per heavy atom. The highest BCUT2D eigenvalue weighted by Crippen LogP contribution is 2.22. The number of para-hydroxylation sites is 2. The molecule has 18 heavy (non-hydrogen) atoms. The van der Waals surface area contributed by atoms with Gasteiger partial charge in [0.05, 0.1) is 4.92 Å². The Labute approximate surface area is 105 Å². The van der Waals surface area contributed by atoms with Gasteiger partial charge in [0.2, 0.25) is 0 Å². The van der Waals surface area contributed by atoms with Crippen LogP contribution < -0.4 is 5.32 Å². The maximum absolute atomic E-state index is 10.8. The largest absolute Gasteiger partial charge is 0.379 e. The van der Waals surface area contributed by atoms with E-state index in [9.17, 15) is 10.1 Å². The summed E-state index contributed by atoms with van der Waals surface area (Å²) in [5.41, 5.74) is 1.60. The molecule has 2 aromatic rings. The van der Waals surface area contributed by atoms with Gasteiger partial charge in [-0.2, -0.15) is 0 Å². The Hall–Kier alpha value is -2.43. The van der Waals surface area contributed by atoms with Gasteiger partial charge in [-0.15, -0.1) is 0 Å². The maximum Gasteiger partial charge on any atom is 0.292 e. The van der Waals surface area contributed by atoms with Gasteiger partial charge in [-0.25, -0.2) is 0 Å². The highest BCUT2D eigenvalue weighted by atomic mass is 16.6. The Bertz CT molecular complexity index is 529. The van der Waals surface area contributed by atoms with E-state index in [-0.39, 0.29) is 10.6 Å². The zero-order chi connectivity index (χ0) is 12.8. The molecule has 1 heterocycles. The van der Waals surface area contributed by atoms with Crippen LogP contribution in [0.3, 0.4) is 0 Å². The maximum atomic E-state index is 10.8. The summed E-state index contributed by atoms with van der Waals surface area (Å²) in [5.74, 6) is 0. The van der Waals surface area contributed by atoms with E-state index in [1.807, 2.05) is 18.2 Å². The van der Waals surface area contributed by atoms with Gasteiger partial charge in [-0.1, -0.05) is 18.2 Å². The first-order chi connectivity index (χ1) is 8.77. The van der Waals surface area contributed by atoms with Gasteiger partial charge in [0.25, 0.3) is 5.69 Å². The Morgan fingerprint density at radius 2 is 1.94 bits per heavy atom. The smallest absolute Gasteiger partial charge is 0.292 e. The normalized spacial score (nSPS) is 10.0. The van der Waals surface area contributed by atoms with Crippen molar-refractivity contribution in [1.82, 2.24) is 4.98 Å². The molecule has 0 radical (unpaired) electrons. The lowest BCUT2D eigenvalue weighted by Crippen LogP contribution is -2.07. The molecule has 0 saturated carbocycles. The van der Waals surface area contributed by atoms with Crippen LogP contribution in [0.4, 0.5) is 11.4 Å². The summed E-state index contributed by atoms with van der Waals surface area (Å²) in [6.45, 7) is 0.613. The van der Waals surface area contributed by atoms with E-state index >= 15 is 0 Å². The topological polar surface area (TPSA) is 68.1 Å². The molecule has 1 aromatic heterocycles. The molecule has 2 rings (SSSR count). The molecule has 0 saturated heterocycles. The predicted molar refractivity (Wildman–Crippen MR) is 69.5 cm³/mol. The monoisotopic (exact) mass is 243 g/mol. The minimum Gasteiger partial charge on any atom is -0.379 e. The van der Waals surface area contributed by atoms with E-state index in [4.69, 9.17) is 0 Å². The molecule has 0 atom stereocenters. The first kappa shape index (κ1) is 12.0. The third-order valence-corrected chi connectivity index (χ3v) is 2.52. The number of nitrogens with zero attached hydrogens (tertiary/aromatic N) is 2. The highest BCUT2D eigenvalue weighted by Gasteiger charge is 2.11. The van der Waals surface area contributed by atoms with Gasteiger partial charge in [0.15, 0.2) is 0 Å². The molecular formula is C13H13N3O2. The van der Waals surface area contributed by atoms with Crippen LogP contribution >= 0.6 is 0 Å². The summed E-state index contributed by atoms with van der Waals surface area (Å²) in [6.07, 6.45) is 2.47. The Morgan fingerprint density at radius 3 is 2.67 bits per heavy atom. The Kier molecular flexibility index (Phi) is 3.86. The lowest BCUT2D eigenvalue weighted by atomic mass is 10.2. The quantitative estimate of drug-likeness (QED) is 0.647. The molecule has 0 unspecified atom stereocenters. The minimum absolute atomic E-state index is 0.0959. The van der Waals surface area contributed by atoms with Crippen LogP contribution in [0.15, 0.2) is 48.7 Å². The average molecular weight is 243 g/mol. The number of nitro groups is 1. The standard InChI is InChI=1S/C13H13N3O2/c17-16(18)13-7-2-1-6-12(13)15-10-8-11-5-3-4-9-14-11/h1-7,9,15H,8,10H2.